The average molecular weight is 265 g/mol. The SMILES string of the molecule is CC(=O)NCC(=O)NCc1cccnc1OC(C)C. The molecule has 19 heavy (non-hydrogen) atoms. The molecule has 0 aromatic carbocycles. The summed E-state index contributed by atoms with van der Waals surface area (Å²) in [5, 5.41) is 5.12. The van der Waals surface area contributed by atoms with E-state index in [9.17, 15) is 9.59 Å². The zero-order chi connectivity index (χ0) is 14.3. The number of aromatic nitrogens is 1. The van der Waals surface area contributed by atoms with Gasteiger partial charge in [0, 0.05) is 25.2 Å². The van der Waals surface area contributed by atoms with Gasteiger partial charge in [0.25, 0.3) is 0 Å². The van der Waals surface area contributed by atoms with Crippen LogP contribution in [0.4, 0.5) is 0 Å². The molecule has 0 saturated carbocycles. The van der Waals surface area contributed by atoms with Crippen LogP contribution < -0.4 is 15.4 Å². The second kappa shape index (κ2) is 7.35. The Balaban J connectivity index is 2.52. The van der Waals surface area contributed by atoms with Crippen LogP contribution in [0.5, 0.6) is 5.88 Å². The first kappa shape index (κ1) is 14.9. The van der Waals surface area contributed by atoms with E-state index < -0.39 is 0 Å². The highest BCUT2D eigenvalue weighted by molar-refractivity contribution is 5.83. The van der Waals surface area contributed by atoms with Gasteiger partial charge >= 0.3 is 0 Å². The Hall–Kier alpha value is -2.11. The predicted octanol–water partition coefficient (Wildman–Crippen LogP) is 0.621. The van der Waals surface area contributed by atoms with Gasteiger partial charge in [0.2, 0.25) is 17.7 Å². The van der Waals surface area contributed by atoms with Crippen molar-refractivity contribution in [2.75, 3.05) is 6.54 Å². The van der Waals surface area contributed by atoms with Crippen LogP contribution in [0.3, 0.4) is 0 Å². The minimum Gasteiger partial charge on any atom is -0.475 e. The summed E-state index contributed by atoms with van der Waals surface area (Å²) in [6.45, 7) is 5.47. The third-order valence-corrected chi connectivity index (χ3v) is 2.17. The Labute approximate surface area is 112 Å². The molecule has 0 fully saturated rings. The van der Waals surface area contributed by atoms with Crippen molar-refractivity contribution in [3.63, 3.8) is 0 Å². The van der Waals surface area contributed by atoms with Crippen molar-refractivity contribution in [3.8, 4) is 5.88 Å². The lowest BCUT2D eigenvalue weighted by atomic mass is 10.2. The highest BCUT2D eigenvalue weighted by Crippen LogP contribution is 2.15. The van der Waals surface area contributed by atoms with Gasteiger partial charge in [0.1, 0.15) is 0 Å². The number of nitrogens with zero attached hydrogens (tertiary/aromatic N) is 1. The molecule has 0 bridgehead atoms. The van der Waals surface area contributed by atoms with Crippen LogP contribution in [-0.4, -0.2) is 29.4 Å². The third-order valence-electron chi connectivity index (χ3n) is 2.17. The molecule has 0 saturated heterocycles. The van der Waals surface area contributed by atoms with Gasteiger partial charge in [0.15, 0.2) is 0 Å². The zero-order valence-corrected chi connectivity index (χ0v) is 11.4. The zero-order valence-electron chi connectivity index (χ0n) is 11.4. The lowest BCUT2D eigenvalue weighted by molar-refractivity contribution is -0.125. The molecular formula is C13H19N3O3. The Morgan fingerprint density at radius 2 is 2.11 bits per heavy atom. The summed E-state index contributed by atoms with van der Waals surface area (Å²) in [5.41, 5.74) is 0.798. The molecule has 0 aliphatic rings. The van der Waals surface area contributed by atoms with Gasteiger partial charge in [-0.05, 0) is 19.9 Å². The molecule has 0 aliphatic carbocycles. The van der Waals surface area contributed by atoms with Gasteiger partial charge in [-0.1, -0.05) is 6.07 Å². The lowest BCUT2D eigenvalue weighted by Crippen LogP contribution is -2.35. The van der Waals surface area contributed by atoms with Crippen LogP contribution >= 0.6 is 0 Å². The van der Waals surface area contributed by atoms with E-state index in [0.717, 1.165) is 5.56 Å². The summed E-state index contributed by atoms with van der Waals surface area (Å²) in [5.74, 6) is 0.0206. The van der Waals surface area contributed by atoms with Crippen molar-refractivity contribution >= 4 is 11.8 Å². The molecule has 1 heterocycles. The fraction of sp³-hybridized carbons (Fsp3) is 0.462. The summed E-state index contributed by atoms with van der Waals surface area (Å²) in [6.07, 6.45) is 1.66. The number of pyridine rings is 1. The highest BCUT2D eigenvalue weighted by Gasteiger charge is 2.08. The number of hydrogen-bond donors (Lipinski definition) is 2. The molecule has 1 aromatic rings. The normalized spacial score (nSPS) is 10.1. The quantitative estimate of drug-likeness (QED) is 0.790. The average Bonchev–Trinajstić information content (AvgIpc) is 2.34. The number of rotatable bonds is 6. The molecular weight excluding hydrogens is 246 g/mol. The van der Waals surface area contributed by atoms with E-state index in [1.165, 1.54) is 6.92 Å². The second-order valence-corrected chi connectivity index (χ2v) is 4.32. The fourth-order valence-electron chi connectivity index (χ4n) is 1.35. The molecule has 0 radical (unpaired) electrons. The van der Waals surface area contributed by atoms with Gasteiger partial charge in [-0.2, -0.15) is 0 Å². The maximum atomic E-state index is 11.5. The molecule has 6 heteroatoms. The summed E-state index contributed by atoms with van der Waals surface area (Å²) in [4.78, 5) is 26.3. The molecule has 1 aromatic heterocycles. The summed E-state index contributed by atoms with van der Waals surface area (Å²) in [6, 6.07) is 3.62. The largest absolute Gasteiger partial charge is 0.475 e. The molecule has 2 N–H and O–H groups in total. The Kier molecular flexibility index (Phi) is 5.78. The molecule has 0 aliphatic heterocycles. The lowest BCUT2D eigenvalue weighted by Gasteiger charge is -2.13. The van der Waals surface area contributed by atoms with Crippen molar-refractivity contribution in [2.24, 2.45) is 0 Å². The molecule has 1 rings (SSSR count). The van der Waals surface area contributed by atoms with Crippen LogP contribution in [0, 0.1) is 0 Å². The first-order chi connectivity index (χ1) is 8.99. The summed E-state index contributed by atoms with van der Waals surface area (Å²) in [7, 11) is 0. The first-order valence-corrected chi connectivity index (χ1v) is 6.10. The minimum atomic E-state index is -0.255. The van der Waals surface area contributed by atoms with Gasteiger partial charge in [-0.15, -0.1) is 0 Å². The first-order valence-electron chi connectivity index (χ1n) is 6.10. The van der Waals surface area contributed by atoms with Gasteiger partial charge in [-0.3, -0.25) is 9.59 Å². The number of carbonyl (C=O) groups is 2. The third kappa shape index (κ3) is 5.85. The van der Waals surface area contributed by atoms with Crippen LogP contribution in [-0.2, 0) is 16.1 Å². The molecule has 6 nitrogen and oxygen atoms in total. The fourth-order valence-corrected chi connectivity index (χ4v) is 1.35. The number of nitrogens with one attached hydrogen (secondary N) is 2. The second-order valence-electron chi connectivity index (χ2n) is 4.32. The van der Waals surface area contributed by atoms with Crippen LogP contribution in [0.1, 0.15) is 26.3 Å². The van der Waals surface area contributed by atoms with Crippen LogP contribution in [0.2, 0.25) is 0 Å². The molecule has 0 spiro atoms. The van der Waals surface area contributed by atoms with E-state index in [1.54, 1.807) is 12.3 Å². The van der Waals surface area contributed by atoms with Crippen molar-refractivity contribution in [1.82, 2.24) is 15.6 Å². The molecule has 2 amide bonds. The van der Waals surface area contributed by atoms with Crippen molar-refractivity contribution in [3.05, 3.63) is 23.9 Å². The molecule has 104 valence electrons. The van der Waals surface area contributed by atoms with Gasteiger partial charge < -0.3 is 15.4 Å². The van der Waals surface area contributed by atoms with Crippen LogP contribution in [0.15, 0.2) is 18.3 Å². The van der Waals surface area contributed by atoms with E-state index >= 15 is 0 Å². The topological polar surface area (TPSA) is 80.3 Å². The predicted molar refractivity (Wildman–Crippen MR) is 70.5 cm³/mol. The number of carbonyl (C=O) groups excluding carboxylic acids is 2. The Morgan fingerprint density at radius 1 is 1.37 bits per heavy atom. The number of hydrogen-bond acceptors (Lipinski definition) is 4. The summed E-state index contributed by atoms with van der Waals surface area (Å²) < 4.78 is 5.54. The van der Waals surface area contributed by atoms with E-state index in [4.69, 9.17) is 4.74 Å². The Bertz CT molecular complexity index is 447. The van der Waals surface area contributed by atoms with Crippen molar-refractivity contribution in [2.45, 2.75) is 33.4 Å². The summed E-state index contributed by atoms with van der Waals surface area (Å²) >= 11 is 0. The number of ether oxygens (including phenoxy) is 1. The van der Waals surface area contributed by atoms with E-state index in [2.05, 4.69) is 15.6 Å². The van der Waals surface area contributed by atoms with E-state index in [1.807, 2.05) is 19.9 Å². The van der Waals surface area contributed by atoms with Gasteiger partial charge in [0.05, 0.1) is 12.6 Å². The van der Waals surface area contributed by atoms with Crippen molar-refractivity contribution < 1.29 is 14.3 Å². The molecule has 0 unspecified atom stereocenters. The van der Waals surface area contributed by atoms with Crippen LogP contribution in [0.25, 0.3) is 0 Å². The monoisotopic (exact) mass is 265 g/mol. The highest BCUT2D eigenvalue weighted by atomic mass is 16.5. The smallest absolute Gasteiger partial charge is 0.239 e. The number of amides is 2. The molecule has 0 atom stereocenters. The Morgan fingerprint density at radius 3 is 2.74 bits per heavy atom. The minimum absolute atomic E-state index is 0.0173. The maximum absolute atomic E-state index is 11.5. The van der Waals surface area contributed by atoms with E-state index in [0.29, 0.717) is 12.4 Å². The maximum Gasteiger partial charge on any atom is 0.239 e. The standard InChI is InChI=1S/C13H19N3O3/c1-9(2)19-13-11(5-4-6-14-13)7-16-12(18)8-15-10(3)17/h4-6,9H,7-8H2,1-3H3,(H,15,17)(H,16,18). The van der Waals surface area contributed by atoms with E-state index in [-0.39, 0.29) is 24.5 Å². The van der Waals surface area contributed by atoms with Crippen molar-refractivity contribution in [1.29, 1.82) is 0 Å². The van der Waals surface area contributed by atoms with Gasteiger partial charge in [-0.25, -0.2) is 4.98 Å².